The molecule has 0 aliphatic carbocycles. The summed E-state index contributed by atoms with van der Waals surface area (Å²) >= 11 is 0. The third-order valence-corrected chi connectivity index (χ3v) is 3.65. The van der Waals surface area contributed by atoms with Gasteiger partial charge in [-0.15, -0.1) is 0 Å². The first-order valence-electron chi connectivity index (χ1n) is 7.81. The predicted octanol–water partition coefficient (Wildman–Crippen LogP) is 1.02. The van der Waals surface area contributed by atoms with Crippen molar-refractivity contribution < 1.29 is 9.53 Å². The van der Waals surface area contributed by atoms with Crippen molar-refractivity contribution in [3.05, 3.63) is 62.2 Å². The zero-order chi connectivity index (χ0) is 17.7. The molecule has 2 aromatic rings. The number of ether oxygens (including phenoxy) is 1. The maximum atomic E-state index is 12.6. The maximum Gasteiger partial charge on any atom is 0.353 e. The van der Waals surface area contributed by atoms with Crippen LogP contribution < -0.4 is 11.4 Å². The Kier molecular flexibility index (Phi) is 5.68. The molecule has 7 nitrogen and oxygen atoms in total. The first kappa shape index (κ1) is 17.7. The lowest BCUT2D eigenvalue weighted by Gasteiger charge is -2.12. The van der Waals surface area contributed by atoms with E-state index in [9.17, 15) is 14.4 Å². The van der Waals surface area contributed by atoms with Gasteiger partial charge in [-0.05, 0) is 26.3 Å². The number of aromatic nitrogens is 3. The Morgan fingerprint density at radius 3 is 2.42 bits per heavy atom. The lowest BCUT2D eigenvalue weighted by atomic mass is 10.1. The maximum absolute atomic E-state index is 12.6. The van der Waals surface area contributed by atoms with Crippen molar-refractivity contribution in [2.75, 3.05) is 6.61 Å². The molecule has 0 amide bonds. The molecule has 7 heteroatoms. The second-order valence-corrected chi connectivity index (χ2v) is 5.50. The van der Waals surface area contributed by atoms with E-state index in [1.807, 2.05) is 31.2 Å². The van der Waals surface area contributed by atoms with Crippen LogP contribution in [0.4, 0.5) is 0 Å². The number of nitrogens with zero attached hydrogens (tertiary/aromatic N) is 3. The normalized spacial score (nSPS) is 10.6. The van der Waals surface area contributed by atoms with Crippen molar-refractivity contribution in [3.63, 3.8) is 0 Å². The topological polar surface area (TPSA) is 83.2 Å². The highest BCUT2D eigenvalue weighted by atomic mass is 16.5. The first-order valence-corrected chi connectivity index (χ1v) is 7.81. The van der Waals surface area contributed by atoms with Gasteiger partial charge in [0.15, 0.2) is 0 Å². The number of carbonyl (C=O) groups is 1. The zero-order valence-corrected chi connectivity index (χ0v) is 14.1. The van der Waals surface area contributed by atoms with Crippen LogP contribution in [0.25, 0.3) is 0 Å². The molecule has 0 atom stereocenters. The molecule has 1 aromatic heterocycles. The van der Waals surface area contributed by atoms with Crippen LogP contribution in [0.5, 0.6) is 0 Å². The van der Waals surface area contributed by atoms with E-state index in [1.54, 1.807) is 13.8 Å². The second kappa shape index (κ2) is 7.72. The van der Waals surface area contributed by atoms with E-state index in [0.717, 1.165) is 15.7 Å². The summed E-state index contributed by atoms with van der Waals surface area (Å²) in [5, 5.41) is 0. The number of benzene rings is 1. The molecular formula is C17H21N3O4. The van der Waals surface area contributed by atoms with Crippen molar-refractivity contribution in [3.8, 4) is 0 Å². The number of carbonyl (C=O) groups excluding carboxylic acids is 1. The summed E-state index contributed by atoms with van der Waals surface area (Å²) in [6.45, 7) is 5.84. The summed E-state index contributed by atoms with van der Waals surface area (Å²) in [7, 11) is 0. The minimum atomic E-state index is -0.651. The molecule has 0 spiro atoms. The standard InChI is InChI=1S/C17H21N3O4/c1-4-24-15(21)9-10-19-16(22)18-13(3)20(17(19)23)11-14-7-5-12(2)6-8-14/h5-8H,4,9-11H2,1-3H3. The highest BCUT2D eigenvalue weighted by Crippen LogP contribution is 2.05. The third kappa shape index (κ3) is 4.18. The zero-order valence-electron chi connectivity index (χ0n) is 14.1. The Balaban J connectivity index is 2.30. The summed E-state index contributed by atoms with van der Waals surface area (Å²) in [4.78, 5) is 39.9. The van der Waals surface area contributed by atoms with Crippen molar-refractivity contribution in [2.45, 2.75) is 40.3 Å². The molecule has 0 unspecified atom stereocenters. The Labute approximate surface area is 139 Å². The van der Waals surface area contributed by atoms with Gasteiger partial charge in [-0.25, -0.2) is 14.2 Å². The van der Waals surface area contributed by atoms with Crippen LogP contribution >= 0.6 is 0 Å². The van der Waals surface area contributed by atoms with Crippen LogP contribution in [0.1, 0.15) is 30.3 Å². The second-order valence-electron chi connectivity index (χ2n) is 5.50. The third-order valence-electron chi connectivity index (χ3n) is 3.65. The van der Waals surface area contributed by atoms with Gasteiger partial charge in [0.05, 0.1) is 19.6 Å². The monoisotopic (exact) mass is 331 g/mol. The van der Waals surface area contributed by atoms with Gasteiger partial charge in [0.1, 0.15) is 5.82 Å². The SMILES string of the molecule is CCOC(=O)CCn1c(=O)nc(C)n(Cc2ccc(C)cc2)c1=O. The molecule has 0 saturated carbocycles. The fraction of sp³-hybridized carbons (Fsp3) is 0.412. The molecular weight excluding hydrogens is 310 g/mol. The van der Waals surface area contributed by atoms with E-state index in [4.69, 9.17) is 4.74 Å². The lowest BCUT2D eigenvalue weighted by Crippen LogP contribution is -2.43. The molecule has 0 fully saturated rings. The Hall–Kier alpha value is -2.70. The minimum Gasteiger partial charge on any atom is -0.466 e. The first-order chi connectivity index (χ1) is 11.4. The van der Waals surface area contributed by atoms with Gasteiger partial charge in [0, 0.05) is 6.54 Å². The molecule has 0 saturated heterocycles. The van der Waals surface area contributed by atoms with Crippen LogP contribution in [0.15, 0.2) is 33.9 Å². The molecule has 1 heterocycles. The molecule has 0 aliphatic heterocycles. The molecule has 0 bridgehead atoms. The van der Waals surface area contributed by atoms with Crippen molar-refractivity contribution >= 4 is 5.97 Å². The summed E-state index contributed by atoms with van der Waals surface area (Å²) in [5.41, 5.74) is 0.933. The summed E-state index contributed by atoms with van der Waals surface area (Å²) in [6, 6.07) is 7.77. The lowest BCUT2D eigenvalue weighted by molar-refractivity contribution is -0.143. The Bertz CT molecular complexity index is 834. The molecule has 2 rings (SSSR count). The van der Waals surface area contributed by atoms with Crippen molar-refractivity contribution in [1.82, 2.24) is 14.1 Å². The van der Waals surface area contributed by atoms with Crippen LogP contribution in [0, 0.1) is 13.8 Å². The number of esters is 1. The van der Waals surface area contributed by atoms with Gasteiger partial charge in [-0.2, -0.15) is 4.98 Å². The Morgan fingerprint density at radius 2 is 1.79 bits per heavy atom. The number of rotatable bonds is 6. The molecule has 0 radical (unpaired) electrons. The van der Waals surface area contributed by atoms with Crippen molar-refractivity contribution in [1.29, 1.82) is 0 Å². The highest BCUT2D eigenvalue weighted by molar-refractivity contribution is 5.69. The van der Waals surface area contributed by atoms with Gasteiger partial charge in [0.2, 0.25) is 0 Å². The highest BCUT2D eigenvalue weighted by Gasteiger charge is 2.12. The van der Waals surface area contributed by atoms with E-state index in [2.05, 4.69) is 4.98 Å². The summed E-state index contributed by atoms with van der Waals surface area (Å²) < 4.78 is 7.22. The Morgan fingerprint density at radius 1 is 1.12 bits per heavy atom. The number of hydrogen-bond donors (Lipinski definition) is 0. The summed E-state index contributed by atoms with van der Waals surface area (Å²) in [6.07, 6.45) is -0.0434. The van der Waals surface area contributed by atoms with Gasteiger partial charge in [-0.3, -0.25) is 9.36 Å². The van der Waals surface area contributed by atoms with Gasteiger partial charge in [0.25, 0.3) is 0 Å². The molecule has 0 N–H and O–H groups in total. The minimum absolute atomic E-state index is 0.0434. The van der Waals surface area contributed by atoms with E-state index in [-0.39, 0.29) is 19.6 Å². The van der Waals surface area contributed by atoms with Gasteiger partial charge < -0.3 is 4.74 Å². The number of hydrogen-bond acceptors (Lipinski definition) is 5. The van der Waals surface area contributed by atoms with Crippen LogP contribution in [-0.2, 0) is 22.6 Å². The van der Waals surface area contributed by atoms with Crippen LogP contribution in [0.2, 0.25) is 0 Å². The molecule has 128 valence electrons. The molecule has 0 aliphatic rings. The average Bonchev–Trinajstić information content (AvgIpc) is 2.53. The van der Waals surface area contributed by atoms with E-state index >= 15 is 0 Å². The fourth-order valence-electron chi connectivity index (χ4n) is 2.31. The van der Waals surface area contributed by atoms with Gasteiger partial charge in [-0.1, -0.05) is 29.8 Å². The summed E-state index contributed by atoms with van der Waals surface area (Å²) in [5.74, 6) is -0.104. The largest absolute Gasteiger partial charge is 0.466 e. The molecule has 24 heavy (non-hydrogen) atoms. The molecule has 1 aromatic carbocycles. The van der Waals surface area contributed by atoms with Crippen LogP contribution in [-0.4, -0.2) is 26.7 Å². The van der Waals surface area contributed by atoms with E-state index in [0.29, 0.717) is 12.4 Å². The van der Waals surface area contributed by atoms with E-state index in [1.165, 1.54) is 4.57 Å². The van der Waals surface area contributed by atoms with E-state index < -0.39 is 17.3 Å². The quantitative estimate of drug-likeness (QED) is 0.738. The fourth-order valence-corrected chi connectivity index (χ4v) is 2.31. The predicted molar refractivity (Wildman–Crippen MR) is 89.0 cm³/mol. The van der Waals surface area contributed by atoms with Gasteiger partial charge >= 0.3 is 17.3 Å². The van der Waals surface area contributed by atoms with Crippen molar-refractivity contribution in [2.24, 2.45) is 0 Å². The van der Waals surface area contributed by atoms with Crippen LogP contribution in [0.3, 0.4) is 0 Å². The smallest absolute Gasteiger partial charge is 0.353 e. The number of aryl methyl sites for hydroxylation is 2. The average molecular weight is 331 g/mol.